The molecule has 150 valence electrons. The molecule has 2 heterocycles. The van der Waals surface area contributed by atoms with E-state index in [1.807, 2.05) is 0 Å². The van der Waals surface area contributed by atoms with Crippen LogP contribution in [0.25, 0.3) is 0 Å². The van der Waals surface area contributed by atoms with Crippen molar-refractivity contribution >= 4 is 5.91 Å². The zero-order valence-electron chi connectivity index (χ0n) is 17.3. The van der Waals surface area contributed by atoms with E-state index in [1.54, 1.807) is 0 Å². The zero-order chi connectivity index (χ0) is 19.3. The number of amides is 1. The minimum atomic E-state index is 0.0729. The number of hydrogen-bond acceptors (Lipinski definition) is 4. The van der Waals surface area contributed by atoms with E-state index in [0.29, 0.717) is 12.5 Å². The molecule has 2 aliphatic heterocycles. The molecule has 27 heavy (non-hydrogen) atoms. The number of likely N-dealkylation sites (tertiary alicyclic amines) is 2. The summed E-state index contributed by atoms with van der Waals surface area (Å²) in [5.41, 5.74) is 1.44. The maximum Gasteiger partial charge on any atom is 0.221 e. The molecule has 0 bridgehead atoms. The highest BCUT2D eigenvalue weighted by atomic mass is 16.1. The fourth-order valence-electron chi connectivity index (χ4n) is 4.49. The van der Waals surface area contributed by atoms with Gasteiger partial charge in [0.2, 0.25) is 5.91 Å². The Hall–Kier alpha value is -1.43. The highest BCUT2D eigenvalue weighted by Crippen LogP contribution is 2.34. The smallest absolute Gasteiger partial charge is 0.221 e. The summed E-state index contributed by atoms with van der Waals surface area (Å²) in [6.45, 7) is 6.04. The van der Waals surface area contributed by atoms with Crippen LogP contribution >= 0.6 is 0 Å². The summed E-state index contributed by atoms with van der Waals surface area (Å²) in [6, 6.07) is 11.3. The van der Waals surface area contributed by atoms with Crippen LogP contribution in [0.15, 0.2) is 30.3 Å². The summed E-state index contributed by atoms with van der Waals surface area (Å²) in [5.74, 6) is 0.183. The SMILES string of the molecule is CN1CCC(CNC(=O)CCN(C)C2CCN(C)C2)(c2ccccc2)CC1. The fourth-order valence-corrected chi connectivity index (χ4v) is 4.49. The van der Waals surface area contributed by atoms with E-state index in [9.17, 15) is 4.79 Å². The zero-order valence-corrected chi connectivity index (χ0v) is 17.3. The van der Waals surface area contributed by atoms with Crippen LogP contribution in [-0.2, 0) is 10.2 Å². The first-order valence-electron chi connectivity index (χ1n) is 10.4. The van der Waals surface area contributed by atoms with Crippen LogP contribution in [0.3, 0.4) is 0 Å². The third-order valence-electron chi connectivity index (χ3n) is 6.64. The van der Waals surface area contributed by atoms with Crippen molar-refractivity contribution in [1.29, 1.82) is 0 Å². The molecule has 1 amide bonds. The van der Waals surface area contributed by atoms with Gasteiger partial charge in [-0.25, -0.2) is 0 Å². The fraction of sp³-hybridized carbons (Fsp3) is 0.682. The van der Waals surface area contributed by atoms with Crippen molar-refractivity contribution in [3.8, 4) is 0 Å². The maximum atomic E-state index is 12.5. The van der Waals surface area contributed by atoms with Crippen molar-refractivity contribution in [2.24, 2.45) is 0 Å². The molecular formula is C22H36N4O. The Bertz CT molecular complexity index is 598. The number of hydrogen-bond donors (Lipinski definition) is 1. The van der Waals surface area contributed by atoms with Gasteiger partial charge in [-0.1, -0.05) is 30.3 Å². The molecule has 5 nitrogen and oxygen atoms in total. The third-order valence-corrected chi connectivity index (χ3v) is 6.64. The van der Waals surface area contributed by atoms with Gasteiger partial charge in [-0.3, -0.25) is 4.79 Å². The van der Waals surface area contributed by atoms with Crippen LogP contribution in [0.2, 0.25) is 0 Å². The van der Waals surface area contributed by atoms with E-state index in [-0.39, 0.29) is 11.3 Å². The molecule has 0 spiro atoms. The Kier molecular flexibility index (Phi) is 6.90. The van der Waals surface area contributed by atoms with E-state index in [0.717, 1.165) is 52.1 Å². The van der Waals surface area contributed by atoms with Crippen LogP contribution in [-0.4, -0.2) is 87.1 Å². The van der Waals surface area contributed by atoms with E-state index in [4.69, 9.17) is 0 Å². The van der Waals surface area contributed by atoms with E-state index in [1.165, 1.54) is 12.0 Å². The van der Waals surface area contributed by atoms with Crippen molar-refractivity contribution < 1.29 is 4.79 Å². The second-order valence-electron chi connectivity index (χ2n) is 8.66. The van der Waals surface area contributed by atoms with E-state index >= 15 is 0 Å². The Balaban J connectivity index is 1.52. The number of benzene rings is 1. The van der Waals surface area contributed by atoms with Crippen molar-refractivity contribution in [3.05, 3.63) is 35.9 Å². The Morgan fingerprint density at radius 3 is 2.48 bits per heavy atom. The third kappa shape index (κ3) is 5.31. The first-order chi connectivity index (χ1) is 13.0. The lowest BCUT2D eigenvalue weighted by Crippen LogP contribution is -2.48. The van der Waals surface area contributed by atoms with Crippen molar-refractivity contribution in [1.82, 2.24) is 20.0 Å². The molecular weight excluding hydrogens is 336 g/mol. The van der Waals surface area contributed by atoms with Crippen molar-refractivity contribution in [3.63, 3.8) is 0 Å². The van der Waals surface area contributed by atoms with Gasteiger partial charge in [0.15, 0.2) is 0 Å². The van der Waals surface area contributed by atoms with Gasteiger partial charge in [0.25, 0.3) is 0 Å². The second-order valence-corrected chi connectivity index (χ2v) is 8.66. The van der Waals surface area contributed by atoms with Gasteiger partial charge in [0, 0.05) is 37.5 Å². The summed E-state index contributed by atoms with van der Waals surface area (Å²) in [4.78, 5) is 19.7. The molecule has 1 aromatic rings. The highest BCUT2D eigenvalue weighted by molar-refractivity contribution is 5.76. The van der Waals surface area contributed by atoms with Crippen LogP contribution in [0.1, 0.15) is 31.2 Å². The topological polar surface area (TPSA) is 38.8 Å². The van der Waals surface area contributed by atoms with Crippen LogP contribution in [0.4, 0.5) is 0 Å². The van der Waals surface area contributed by atoms with Gasteiger partial charge < -0.3 is 20.0 Å². The van der Waals surface area contributed by atoms with Gasteiger partial charge in [-0.05, 0) is 65.6 Å². The molecule has 1 atom stereocenters. The van der Waals surface area contributed by atoms with Gasteiger partial charge in [-0.15, -0.1) is 0 Å². The summed E-state index contributed by atoms with van der Waals surface area (Å²) in [6.07, 6.45) is 3.99. The average Bonchev–Trinajstić information content (AvgIpc) is 3.13. The summed E-state index contributed by atoms with van der Waals surface area (Å²) >= 11 is 0. The molecule has 2 saturated heterocycles. The number of rotatable bonds is 7. The molecule has 1 N–H and O–H groups in total. The molecule has 0 radical (unpaired) electrons. The molecule has 2 fully saturated rings. The predicted molar refractivity (Wildman–Crippen MR) is 111 cm³/mol. The van der Waals surface area contributed by atoms with E-state index in [2.05, 4.69) is 71.5 Å². The summed E-state index contributed by atoms with van der Waals surface area (Å²) in [7, 11) is 6.51. The van der Waals surface area contributed by atoms with Crippen LogP contribution in [0, 0.1) is 0 Å². The highest BCUT2D eigenvalue weighted by Gasteiger charge is 2.35. The molecule has 0 aromatic heterocycles. The van der Waals surface area contributed by atoms with Crippen LogP contribution in [0.5, 0.6) is 0 Å². The molecule has 5 heteroatoms. The molecule has 2 aliphatic rings. The average molecular weight is 373 g/mol. The molecule has 0 saturated carbocycles. The van der Waals surface area contributed by atoms with Gasteiger partial charge in [-0.2, -0.15) is 0 Å². The Morgan fingerprint density at radius 2 is 1.85 bits per heavy atom. The largest absolute Gasteiger partial charge is 0.355 e. The Morgan fingerprint density at radius 1 is 1.15 bits per heavy atom. The number of likely N-dealkylation sites (N-methyl/N-ethyl adjacent to an activating group) is 2. The van der Waals surface area contributed by atoms with E-state index < -0.39 is 0 Å². The number of nitrogens with zero attached hydrogens (tertiary/aromatic N) is 3. The van der Waals surface area contributed by atoms with Gasteiger partial charge in [0.05, 0.1) is 0 Å². The molecule has 1 aromatic carbocycles. The monoisotopic (exact) mass is 372 g/mol. The van der Waals surface area contributed by atoms with Crippen LogP contribution < -0.4 is 5.32 Å². The lowest BCUT2D eigenvalue weighted by molar-refractivity contribution is -0.121. The Labute approximate surface area is 164 Å². The first kappa shape index (κ1) is 20.3. The standard InChI is InChI=1S/C22H36N4O/c1-24-15-11-22(12-16-24,19-7-5-4-6-8-19)18-23-21(27)10-14-26(3)20-9-13-25(2)17-20/h4-8,20H,9-18H2,1-3H3,(H,23,27). The van der Waals surface area contributed by atoms with Crippen molar-refractivity contribution in [2.45, 2.75) is 37.1 Å². The number of carbonyl (C=O) groups is 1. The van der Waals surface area contributed by atoms with Crippen molar-refractivity contribution in [2.75, 3.05) is 60.4 Å². The van der Waals surface area contributed by atoms with Gasteiger partial charge >= 0.3 is 0 Å². The lowest BCUT2D eigenvalue weighted by atomic mass is 9.72. The molecule has 1 unspecified atom stereocenters. The molecule has 3 rings (SSSR count). The number of nitrogens with one attached hydrogen (secondary N) is 1. The second kappa shape index (κ2) is 9.18. The maximum absolute atomic E-state index is 12.5. The number of carbonyl (C=O) groups excluding carboxylic acids is 1. The van der Waals surface area contributed by atoms with Gasteiger partial charge in [0.1, 0.15) is 0 Å². The molecule has 0 aliphatic carbocycles. The summed E-state index contributed by atoms with van der Waals surface area (Å²) < 4.78 is 0. The lowest BCUT2D eigenvalue weighted by Gasteiger charge is -2.41. The minimum Gasteiger partial charge on any atom is -0.355 e. The normalized spacial score (nSPS) is 23.6. The predicted octanol–water partition coefficient (Wildman–Crippen LogP) is 1.79. The quantitative estimate of drug-likeness (QED) is 0.792. The minimum absolute atomic E-state index is 0.0729. The first-order valence-corrected chi connectivity index (χ1v) is 10.4. The summed E-state index contributed by atoms with van der Waals surface area (Å²) in [5, 5.41) is 3.27. The number of piperidine rings is 1.